The largest absolute Gasteiger partial charge is 0.327 e. The van der Waals surface area contributed by atoms with Crippen LogP contribution in [-0.2, 0) is 0 Å². The highest BCUT2D eigenvalue weighted by Gasteiger charge is 2.25. The van der Waals surface area contributed by atoms with Crippen LogP contribution in [0.1, 0.15) is 28.3 Å². The summed E-state index contributed by atoms with van der Waals surface area (Å²) in [7, 11) is 0. The molecule has 3 heteroatoms. The molecule has 2 aromatic rings. The molecule has 1 heterocycles. The molecule has 19 heavy (non-hydrogen) atoms. The van der Waals surface area contributed by atoms with Crippen molar-refractivity contribution in [2.24, 2.45) is 0 Å². The van der Waals surface area contributed by atoms with Crippen LogP contribution in [0.2, 0.25) is 0 Å². The molecule has 2 N–H and O–H groups in total. The Hall–Kier alpha value is -2.29. The standard InChI is InChI=1S/C16H16N2O/c1-10-8-13-14(9-11(10)2)17-16(19)18-15(13)12-6-4-3-5-7-12/h3-9,15H,1-2H3,(H2,17,18,19). The van der Waals surface area contributed by atoms with Gasteiger partial charge in [0.1, 0.15) is 0 Å². The van der Waals surface area contributed by atoms with Crippen LogP contribution in [0.15, 0.2) is 42.5 Å². The summed E-state index contributed by atoms with van der Waals surface area (Å²) in [5.41, 5.74) is 5.54. The minimum Gasteiger partial charge on any atom is -0.327 e. The lowest BCUT2D eigenvalue weighted by atomic mass is 9.92. The van der Waals surface area contributed by atoms with Crippen LogP contribution in [0.25, 0.3) is 0 Å². The van der Waals surface area contributed by atoms with Crippen LogP contribution in [0.3, 0.4) is 0 Å². The van der Waals surface area contributed by atoms with Gasteiger partial charge >= 0.3 is 6.03 Å². The maximum atomic E-state index is 11.8. The van der Waals surface area contributed by atoms with Crippen molar-refractivity contribution >= 4 is 11.7 Å². The molecule has 0 radical (unpaired) electrons. The summed E-state index contributed by atoms with van der Waals surface area (Å²) < 4.78 is 0. The number of carbonyl (C=O) groups is 1. The topological polar surface area (TPSA) is 41.1 Å². The molecule has 1 atom stereocenters. The lowest BCUT2D eigenvalue weighted by Gasteiger charge is -2.28. The maximum absolute atomic E-state index is 11.8. The Morgan fingerprint density at radius 1 is 1.00 bits per heavy atom. The highest BCUT2D eigenvalue weighted by Crippen LogP contribution is 2.33. The van der Waals surface area contributed by atoms with Gasteiger partial charge in [-0.1, -0.05) is 36.4 Å². The maximum Gasteiger partial charge on any atom is 0.320 e. The number of urea groups is 1. The van der Waals surface area contributed by atoms with Crippen molar-refractivity contribution < 1.29 is 4.79 Å². The van der Waals surface area contributed by atoms with Crippen molar-refractivity contribution in [3.63, 3.8) is 0 Å². The predicted molar refractivity (Wildman–Crippen MR) is 76.4 cm³/mol. The second-order valence-corrected chi connectivity index (χ2v) is 4.97. The molecule has 1 unspecified atom stereocenters. The van der Waals surface area contributed by atoms with E-state index in [0.29, 0.717) is 0 Å². The van der Waals surface area contributed by atoms with E-state index in [4.69, 9.17) is 0 Å². The number of aryl methyl sites for hydroxylation is 2. The molecule has 0 bridgehead atoms. The van der Waals surface area contributed by atoms with Gasteiger partial charge < -0.3 is 10.6 Å². The summed E-state index contributed by atoms with van der Waals surface area (Å²) in [6.45, 7) is 4.15. The van der Waals surface area contributed by atoms with Gasteiger partial charge in [0.15, 0.2) is 0 Å². The van der Waals surface area contributed by atoms with E-state index in [0.717, 1.165) is 16.8 Å². The van der Waals surface area contributed by atoms with E-state index >= 15 is 0 Å². The number of benzene rings is 2. The van der Waals surface area contributed by atoms with Crippen molar-refractivity contribution in [3.05, 3.63) is 64.7 Å². The molecule has 0 saturated heterocycles. The van der Waals surface area contributed by atoms with Crippen molar-refractivity contribution in [2.75, 3.05) is 5.32 Å². The van der Waals surface area contributed by atoms with Gasteiger partial charge in [-0.3, -0.25) is 0 Å². The molecule has 0 aliphatic carbocycles. The van der Waals surface area contributed by atoms with E-state index in [2.05, 4.69) is 30.5 Å². The van der Waals surface area contributed by atoms with Crippen LogP contribution in [0.4, 0.5) is 10.5 Å². The third kappa shape index (κ3) is 2.08. The second kappa shape index (κ2) is 4.43. The lowest BCUT2D eigenvalue weighted by molar-refractivity contribution is 0.249. The summed E-state index contributed by atoms with van der Waals surface area (Å²) in [6.07, 6.45) is 0. The monoisotopic (exact) mass is 252 g/mol. The van der Waals surface area contributed by atoms with Gasteiger partial charge in [0.25, 0.3) is 0 Å². The lowest BCUT2D eigenvalue weighted by Crippen LogP contribution is -2.38. The average Bonchev–Trinajstić information content (AvgIpc) is 2.41. The molecule has 1 aliphatic rings. The van der Waals surface area contributed by atoms with Gasteiger partial charge in [0, 0.05) is 11.3 Å². The number of nitrogens with one attached hydrogen (secondary N) is 2. The minimum absolute atomic E-state index is 0.0794. The summed E-state index contributed by atoms with van der Waals surface area (Å²) in [5.74, 6) is 0. The molecule has 2 aromatic carbocycles. The highest BCUT2D eigenvalue weighted by atomic mass is 16.2. The van der Waals surface area contributed by atoms with Gasteiger partial charge in [0.05, 0.1) is 6.04 Å². The van der Waals surface area contributed by atoms with Crippen molar-refractivity contribution in [1.82, 2.24) is 5.32 Å². The number of amides is 2. The molecule has 96 valence electrons. The SMILES string of the molecule is Cc1cc2c(cc1C)C(c1ccccc1)NC(=O)N2. The molecule has 3 nitrogen and oxygen atoms in total. The second-order valence-electron chi connectivity index (χ2n) is 4.97. The number of fused-ring (bicyclic) bond motifs is 1. The summed E-state index contributed by atoms with van der Waals surface area (Å²) in [5, 5.41) is 5.86. The first-order chi connectivity index (χ1) is 9.15. The molecule has 0 saturated carbocycles. The third-order valence-electron chi connectivity index (χ3n) is 3.63. The molecular formula is C16H16N2O. The Balaban J connectivity index is 2.14. The molecule has 0 aromatic heterocycles. The fourth-order valence-electron chi connectivity index (χ4n) is 2.46. The smallest absolute Gasteiger partial charge is 0.320 e. The molecular weight excluding hydrogens is 236 g/mol. The summed E-state index contributed by atoms with van der Waals surface area (Å²) in [6, 6.07) is 14.0. The zero-order valence-electron chi connectivity index (χ0n) is 11.0. The van der Waals surface area contributed by atoms with E-state index in [1.807, 2.05) is 36.4 Å². The first-order valence-electron chi connectivity index (χ1n) is 6.39. The first kappa shape index (κ1) is 11.8. The van der Waals surface area contributed by atoms with E-state index in [1.165, 1.54) is 11.1 Å². The van der Waals surface area contributed by atoms with E-state index in [9.17, 15) is 4.79 Å². The van der Waals surface area contributed by atoms with Gasteiger partial charge in [-0.2, -0.15) is 0 Å². The minimum atomic E-state index is -0.149. The molecule has 1 aliphatic heterocycles. The quantitative estimate of drug-likeness (QED) is 0.801. The predicted octanol–water partition coefficient (Wildman–Crippen LogP) is 3.53. The van der Waals surface area contributed by atoms with E-state index in [1.54, 1.807) is 0 Å². The normalized spacial score (nSPS) is 17.4. The zero-order valence-corrected chi connectivity index (χ0v) is 11.0. The van der Waals surface area contributed by atoms with E-state index in [-0.39, 0.29) is 12.1 Å². The van der Waals surface area contributed by atoms with Gasteiger partial charge in [-0.05, 0) is 36.6 Å². The molecule has 3 rings (SSSR count). The van der Waals surface area contributed by atoms with Crippen LogP contribution in [0.5, 0.6) is 0 Å². The van der Waals surface area contributed by atoms with Crippen LogP contribution < -0.4 is 10.6 Å². The van der Waals surface area contributed by atoms with E-state index < -0.39 is 0 Å². The summed E-state index contributed by atoms with van der Waals surface area (Å²) in [4.78, 5) is 11.8. The Labute approximate surface area is 112 Å². The Bertz CT molecular complexity index is 635. The fourth-order valence-corrected chi connectivity index (χ4v) is 2.46. The summed E-state index contributed by atoms with van der Waals surface area (Å²) >= 11 is 0. The highest BCUT2D eigenvalue weighted by molar-refractivity contribution is 5.93. The third-order valence-corrected chi connectivity index (χ3v) is 3.63. The Kier molecular flexibility index (Phi) is 2.75. The molecule has 0 spiro atoms. The van der Waals surface area contributed by atoms with Crippen molar-refractivity contribution in [2.45, 2.75) is 19.9 Å². The van der Waals surface area contributed by atoms with Crippen molar-refractivity contribution in [1.29, 1.82) is 0 Å². The zero-order chi connectivity index (χ0) is 13.4. The first-order valence-corrected chi connectivity index (χ1v) is 6.39. The number of rotatable bonds is 1. The van der Waals surface area contributed by atoms with Crippen LogP contribution >= 0.6 is 0 Å². The van der Waals surface area contributed by atoms with Gasteiger partial charge in [-0.25, -0.2) is 4.79 Å². The van der Waals surface area contributed by atoms with Crippen LogP contribution in [0, 0.1) is 13.8 Å². The Morgan fingerprint density at radius 3 is 2.42 bits per heavy atom. The fraction of sp³-hybridized carbons (Fsp3) is 0.188. The average molecular weight is 252 g/mol. The number of anilines is 1. The van der Waals surface area contributed by atoms with Gasteiger partial charge in [0.2, 0.25) is 0 Å². The Morgan fingerprint density at radius 2 is 1.68 bits per heavy atom. The van der Waals surface area contributed by atoms with Crippen molar-refractivity contribution in [3.8, 4) is 0 Å². The number of hydrogen-bond donors (Lipinski definition) is 2. The van der Waals surface area contributed by atoms with Crippen LogP contribution in [-0.4, -0.2) is 6.03 Å². The number of hydrogen-bond acceptors (Lipinski definition) is 1. The number of carbonyl (C=O) groups excluding carboxylic acids is 1. The molecule has 2 amide bonds. The van der Waals surface area contributed by atoms with Gasteiger partial charge in [-0.15, -0.1) is 0 Å². The molecule has 0 fully saturated rings.